The van der Waals surface area contributed by atoms with Crippen molar-refractivity contribution in [3.8, 4) is 0 Å². The first-order chi connectivity index (χ1) is 4.57. The van der Waals surface area contributed by atoms with Crippen LogP contribution in [0.5, 0.6) is 0 Å². The van der Waals surface area contributed by atoms with Crippen LogP contribution in [-0.2, 0) is 0 Å². The highest BCUT2D eigenvalue weighted by atomic mass is 31.1. The first kappa shape index (κ1) is 10.4. The first-order valence-electron chi connectivity index (χ1n) is 4.34. The highest BCUT2D eigenvalue weighted by Crippen LogP contribution is 2.31. The van der Waals surface area contributed by atoms with Crippen molar-refractivity contribution in [2.75, 3.05) is 0 Å². The van der Waals surface area contributed by atoms with E-state index in [0.717, 1.165) is 25.8 Å². The fourth-order valence-corrected chi connectivity index (χ4v) is 2.28. The summed E-state index contributed by atoms with van der Waals surface area (Å²) < 4.78 is 0. The minimum atomic E-state index is 0.868. The normalized spacial score (nSPS) is 18.6. The summed E-state index contributed by atoms with van der Waals surface area (Å²) in [5.74, 6) is 0.868. The fraction of sp³-hybridized carbons (Fsp3) is 1.00. The van der Waals surface area contributed by atoms with Crippen molar-refractivity contribution in [1.29, 1.82) is 0 Å². The van der Waals surface area contributed by atoms with Gasteiger partial charge in [-0.05, 0) is 23.7 Å². The molecule has 0 rings (SSSR count). The molecule has 3 unspecified atom stereocenters. The summed E-state index contributed by atoms with van der Waals surface area (Å²) in [5.41, 5.74) is 1.87. The molecule has 0 aromatic rings. The van der Waals surface area contributed by atoms with Gasteiger partial charge in [-0.25, -0.2) is 0 Å². The zero-order valence-corrected chi connectivity index (χ0v) is 8.94. The van der Waals surface area contributed by atoms with Crippen LogP contribution in [0.4, 0.5) is 0 Å². The molecule has 0 aromatic carbocycles. The SMILES string of the molecule is CCC(C)PC(C)C(C)C. The van der Waals surface area contributed by atoms with Gasteiger partial charge in [0.1, 0.15) is 0 Å². The number of hydrogen-bond donors (Lipinski definition) is 0. The van der Waals surface area contributed by atoms with E-state index >= 15 is 0 Å². The molecule has 0 saturated carbocycles. The Morgan fingerprint density at radius 3 is 1.90 bits per heavy atom. The van der Waals surface area contributed by atoms with Gasteiger partial charge in [0.25, 0.3) is 0 Å². The minimum Gasteiger partial charge on any atom is -0.116 e. The maximum absolute atomic E-state index is 2.37. The zero-order chi connectivity index (χ0) is 8.15. The summed E-state index contributed by atoms with van der Waals surface area (Å²) in [6.45, 7) is 11.7. The third kappa shape index (κ3) is 4.28. The van der Waals surface area contributed by atoms with Crippen molar-refractivity contribution >= 4 is 8.58 Å². The Balaban J connectivity index is 3.46. The third-order valence-electron chi connectivity index (χ3n) is 2.16. The summed E-state index contributed by atoms with van der Waals surface area (Å²) in [4.78, 5) is 0. The van der Waals surface area contributed by atoms with Crippen LogP contribution in [0, 0.1) is 5.92 Å². The Kier molecular flexibility index (Phi) is 5.35. The van der Waals surface area contributed by atoms with Crippen molar-refractivity contribution in [2.45, 2.75) is 52.4 Å². The second kappa shape index (κ2) is 5.13. The van der Waals surface area contributed by atoms with Crippen LogP contribution in [0.25, 0.3) is 0 Å². The van der Waals surface area contributed by atoms with Crippen LogP contribution in [-0.4, -0.2) is 11.3 Å². The number of rotatable bonds is 4. The average molecular weight is 160 g/mol. The molecule has 0 nitrogen and oxygen atoms in total. The standard InChI is InChI=1S/C9H21P/c1-6-8(4)10-9(5)7(2)3/h7-10H,6H2,1-5H3. The van der Waals surface area contributed by atoms with E-state index in [2.05, 4.69) is 34.6 Å². The van der Waals surface area contributed by atoms with E-state index in [1.54, 1.807) is 0 Å². The van der Waals surface area contributed by atoms with Crippen molar-refractivity contribution in [1.82, 2.24) is 0 Å². The van der Waals surface area contributed by atoms with E-state index in [4.69, 9.17) is 0 Å². The molecule has 3 atom stereocenters. The minimum absolute atomic E-state index is 0.868. The Hall–Kier alpha value is 0.430. The molecular formula is C9H21P. The summed E-state index contributed by atoms with van der Waals surface area (Å²) >= 11 is 0. The second-order valence-corrected chi connectivity index (χ2v) is 5.74. The molecule has 0 fully saturated rings. The third-order valence-corrected chi connectivity index (χ3v) is 4.33. The molecular weight excluding hydrogens is 139 g/mol. The molecule has 0 spiro atoms. The molecule has 0 N–H and O–H groups in total. The quantitative estimate of drug-likeness (QED) is 0.552. The van der Waals surface area contributed by atoms with Crippen LogP contribution in [0.3, 0.4) is 0 Å². The summed E-state index contributed by atoms with van der Waals surface area (Å²) in [5, 5.41) is 0. The lowest BCUT2D eigenvalue weighted by molar-refractivity contribution is 0.633. The van der Waals surface area contributed by atoms with E-state index in [1.165, 1.54) is 6.42 Å². The van der Waals surface area contributed by atoms with E-state index in [9.17, 15) is 0 Å². The molecule has 10 heavy (non-hydrogen) atoms. The van der Waals surface area contributed by atoms with Crippen LogP contribution in [0.15, 0.2) is 0 Å². The summed E-state index contributed by atoms with van der Waals surface area (Å²) in [6.07, 6.45) is 1.34. The molecule has 0 aromatic heterocycles. The lowest BCUT2D eigenvalue weighted by Crippen LogP contribution is -2.07. The Bertz CT molecular complexity index is 78.8. The maximum atomic E-state index is 2.37. The van der Waals surface area contributed by atoms with Gasteiger partial charge in [0.15, 0.2) is 0 Å². The van der Waals surface area contributed by atoms with Crippen molar-refractivity contribution in [3.05, 3.63) is 0 Å². The molecule has 0 amide bonds. The molecule has 62 valence electrons. The van der Waals surface area contributed by atoms with Gasteiger partial charge >= 0.3 is 0 Å². The van der Waals surface area contributed by atoms with Gasteiger partial charge in [-0.2, -0.15) is 0 Å². The fourth-order valence-electron chi connectivity index (χ4n) is 0.759. The average Bonchev–Trinajstić information content (AvgIpc) is 1.87. The van der Waals surface area contributed by atoms with Gasteiger partial charge in [-0.1, -0.05) is 34.6 Å². The van der Waals surface area contributed by atoms with Gasteiger partial charge in [0.2, 0.25) is 0 Å². The second-order valence-electron chi connectivity index (χ2n) is 3.51. The van der Waals surface area contributed by atoms with Crippen molar-refractivity contribution in [3.63, 3.8) is 0 Å². The highest BCUT2D eigenvalue weighted by molar-refractivity contribution is 7.39. The van der Waals surface area contributed by atoms with E-state index in [1.807, 2.05) is 0 Å². The predicted molar refractivity (Wildman–Crippen MR) is 52.4 cm³/mol. The topological polar surface area (TPSA) is 0 Å². The molecule has 0 saturated heterocycles. The van der Waals surface area contributed by atoms with Gasteiger partial charge in [0, 0.05) is 0 Å². The Morgan fingerprint density at radius 2 is 1.60 bits per heavy atom. The van der Waals surface area contributed by atoms with Crippen LogP contribution in [0.2, 0.25) is 0 Å². The Labute approximate surface area is 67.6 Å². The molecule has 0 bridgehead atoms. The molecule has 0 aliphatic rings. The van der Waals surface area contributed by atoms with Gasteiger partial charge in [-0.3, -0.25) is 0 Å². The van der Waals surface area contributed by atoms with Gasteiger partial charge < -0.3 is 0 Å². The molecule has 0 heterocycles. The van der Waals surface area contributed by atoms with E-state index in [-0.39, 0.29) is 0 Å². The Morgan fingerprint density at radius 1 is 1.10 bits per heavy atom. The molecule has 0 radical (unpaired) electrons. The van der Waals surface area contributed by atoms with Crippen molar-refractivity contribution in [2.24, 2.45) is 5.92 Å². The summed E-state index contributed by atoms with van der Waals surface area (Å²) in [6, 6.07) is 0. The van der Waals surface area contributed by atoms with E-state index in [0.29, 0.717) is 0 Å². The first-order valence-corrected chi connectivity index (χ1v) is 5.49. The lowest BCUT2D eigenvalue weighted by atomic mass is 10.2. The van der Waals surface area contributed by atoms with Crippen LogP contribution < -0.4 is 0 Å². The van der Waals surface area contributed by atoms with Crippen LogP contribution >= 0.6 is 8.58 Å². The maximum Gasteiger partial charge on any atom is -0.0240 e. The van der Waals surface area contributed by atoms with E-state index < -0.39 is 0 Å². The molecule has 0 aliphatic carbocycles. The van der Waals surface area contributed by atoms with Gasteiger partial charge in [0.05, 0.1) is 0 Å². The molecule has 1 heteroatoms. The lowest BCUT2D eigenvalue weighted by Gasteiger charge is -2.19. The summed E-state index contributed by atoms with van der Waals surface area (Å²) in [7, 11) is 1.16. The van der Waals surface area contributed by atoms with Crippen LogP contribution in [0.1, 0.15) is 41.0 Å². The smallest absolute Gasteiger partial charge is 0.0240 e. The zero-order valence-electron chi connectivity index (χ0n) is 7.94. The van der Waals surface area contributed by atoms with Crippen molar-refractivity contribution < 1.29 is 0 Å². The van der Waals surface area contributed by atoms with Gasteiger partial charge in [-0.15, -0.1) is 8.58 Å². The largest absolute Gasteiger partial charge is 0.116 e. The highest BCUT2D eigenvalue weighted by Gasteiger charge is 2.09. The number of hydrogen-bond acceptors (Lipinski definition) is 0. The monoisotopic (exact) mass is 160 g/mol. The predicted octanol–water partition coefficient (Wildman–Crippen LogP) is 3.51. The molecule has 0 aliphatic heterocycles.